The van der Waals surface area contributed by atoms with Crippen molar-refractivity contribution in [3.05, 3.63) is 35.4 Å². The number of benzene rings is 1. The van der Waals surface area contributed by atoms with Gasteiger partial charge in [-0.2, -0.15) is 0 Å². The quantitative estimate of drug-likeness (QED) is 0.388. The molecule has 5 heteroatoms. The smallest absolute Gasteiger partial charge is 0.191 e. The maximum Gasteiger partial charge on any atom is 0.191 e. The minimum Gasteiger partial charge on any atom is -0.356 e. The predicted molar refractivity (Wildman–Crippen MR) is 121 cm³/mol. The van der Waals surface area contributed by atoms with Crippen LogP contribution in [0.4, 0.5) is 0 Å². The Balaban J connectivity index is 1.96. The van der Waals surface area contributed by atoms with Crippen LogP contribution in [0.5, 0.6) is 0 Å². The van der Waals surface area contributed by atoms with Crippen molar-refractivity contribution in [3.63, 3.8) is 0 Å². The normalized spacial score (nSPS) is 17.7. The van der Waals surface area contributed by atoms with E-state index in [0.717, 1.165) is 51.6 Å². The Labute approximate surface area is 172 Å². The van der Waals surface area contributed by atoms with Crippen LogP contribution in [-0.2, 0) is 6.54 Å². The fourth-order valence-electron chi connectivity index (χ4n) is 3.56. The molecule has 2 N–H and O–H groups in total. The van der Waals surface area contributed by atoms with E-state index in [1.165, 1.54) is 17.5 Å². The van der Waals surface area contributed by atoms with Gasteiger partial charge in [-0.1, -0.05) is 57.0 Å². The molecule has 28 heavy (non-hydrogen) atoms. The van der Waals surface area contributed by atoms with Gasteiger partial charge in [0.1, 0.15) is 0 Å². The van der Waals surface area contributed by atoms with Gasteiger partial charge in [0.2, 0.25) is 0 Å². The van der Waals surface area contributed by atoms with Gasteiger partial charge in [0.25, 0.3) is 0 Å². The predicted octanol–water partition coefficient (Wildman–Crippen LogP) is 3.10. The highest BCUT2D eigenvalue weighted by Gasteiger charge is 2.25. The van der Waals surface area contributed by atoms with E-state index in [9.17, 15) is 0 Å². The number of guanidine groups is 1. The molecule has 1 atom stereocenters. The third-order valence-electron chi connectivity index (χ3n) is 5.62. The van der Waals surface area contributed by atoms with Crippen molar-refractivity contribution in [2.45, 2.75) is 53.1 Å². The van der Waals surface area contributed by atoms with Crippen molar-refractivity contribution >= 4 is 5.96 Å². The third-order valence-corrected chi connectivity index (χ3v) is 5.62. The third kappa shape index (κ3) is 7.80. The number of likely N-dealkylation sites (N-methyl/N-ethyl adjacent to an activating group) is 1. The summed E-state index contributed by atoms with van der Waals surface area (Å²) >= 11 is 0. The second-order valence-electron chi connectivity index (χ2n) is 8.46. The van der Waals surface area contributed by atoms with Crippen molar-refractivity contribution < 1.29 is 0 Å². The molecule has 0 saturated carbocycles. The molecule has 1 unspecified atom stereocenters. The Kier molecular flexibility index (Phi) is 9.79. The molecule has 0 radical (unpaired) electrons. The summed E-state index contributed by atoms with van der Waals surface area (Å²) < 4.78 is 0. The van der Waals surface area contributed by atoms with E-state index in [0.29, 0.717) is 18.5 Å². The van der Waals surface area contributed by atoms with Gasteiger partial charge in [-0.05, 0) is 31.9 Å². The van der Waals surface area contributed by atoms with Crippen LogP contribution < -0.4 is 10.6 Å². The highest BCUT2D eigenvalue weighted by Crippen LogP contribution is 2.13. The number of hydrogen-bond acceptors (Lipinski definition) is 3. The first-order valence-corrected chi connectivity index (χ1v) is 11.0. The van der Waals surface area contributed by atoms with E-state index in [4.69, 9.17) is 4.99 Å². The first kappa shape index (κ1) is 22.7. The van der Waals surface area contributed by atoms with Gasteiger partial charge >= 0.3 is 0 Å². The van der Waals surface area contributed by atoms with E-state index in [-0.39, 0.29) is 0 Å². The molecule has 1 aliphatic heterocycles. The van der Waals surface area contributed by atoms with Gasteiger partial charge in [0, 0.05) is 45.3 Å². The molecule has 1 aromatic carbocycles. The van der Waals surface area contributed by atoms with Crippen molar-refractivity contribution in [2.75, 3.05) is 46.3 Å². The summed E-state index contributed by atoms with van der Waals surface area (Å²) in [6.45, 7) is 16.2. The Morgan fingerprint density at radius 3 is 2.36 bits per heavy atom. The van der Waals surface area contributed by atoms with E-state index in [1.54, 1.807) is 0 Å². The summed E-state index contributed by atoms with van der Waals surface area (Å²) in [6, 6.07) is 9.19. The number of unbranched alkanes of at least 4 members (excludes halogenated alkanes) is 1. The van der Waals surface area contributed by atoms with Crippen LogP contribution in [-0.4, -0.2) is 68.1 Å². The van der Waals surface area contributed by atoms with Crippen molar-refractivity contribution in [1.82, 2.24) is 20.4 Å². The average molecular weight is 388 g/mol. The van der Waals surface area contributed by atoms with Crippen LogP contribution in [0.3, 0.4) is 0 Å². The molecular formula is C23H41N5. The van der Waals surface area contributed by atoms with E-state index < -0.39 is 0 Å². The minimum absolute atomic E-state index is 0.534. The number of nitrogens with one attached hydrogen (secondary N) is 2. The van der Waals surface area contributed by atoms with E-state index in [1.807, 2.05) is 0 Å². The standard InChI is InChI=1S/C23H41N5/c1-6-7-12-24-23(25-17-21-10-8-20(4)9-11-21)26-18-22(19(2)3)28-15-13-27(5)14-16-28/h8-11,19,22H,6-7,12-18H2,1-5H3,(H2,24,25,26). The number of rotatable bonds is 9. The number of piperazine rings is 1. The summed E-state index contributed by atoms with van der Waals surface area (Å²) in [5.41, 5.74) is 2.54. The number of nitrogens with zero attached hydrogens (tertiary/aromatic N) is 3. The summed E-state index contributed by atoms with van der Waals surface area (Å²) in [4.78, 5) is 9.91. The van der Waals surface area contributed by atoms with Crippen molar-refractivity contribution in [1.29, 1.82) is 0 Å². The summed E-state index contributed by atoms with van der Waals surface area (Å²) in [5.74, 6) is 1.55. The highest BCUT2D eigenvalue weighted by atomic mass is 15.3. The number of aryl methyl sites for hydroxylation is 1. The van der Waals surface area contributed by atoms with Crippen LogP contribution in [0.15, 0.2) is 29.3 Å². The lowest BCUT2D eigenvalue weighted by Gasteiger charge is -2.40. The number of hydrogen-bond donors (Lipinski definition) is 2. The zero-order chi connectivity index (χ0) is 20.4. The lowest BCUT2D eigenvalue weighted by molar-refractivity contribution is 0.0900. The summed E-state index contributed by atoms with van der Waals surface area (Å²) in [7, 11) is 2.22. The molecule has 2 rings (SSSR count). The first-order chi connectivity index (χ1) is 13.5. The minimum atomic E-state index is 0.534. The lowest BCUT2D eigenvalue weighted by atomic mass is 10.0. The maximum atomic E-state index is 4.85. The zero-order valence-electron chi connectivity index (χ0n) is 18.7. The molecule has 1 aliphatic rings. The Hall–Kier alpha value is -1.59. The Bertz CT molecular complexity index is 573. The molecule has 0 spiro atoms. The molecule has 1 heterocycles. The number of aliphatic imine (C=N–C) groups is 1. The second-order valence-corrected chi connectivity index (χ2v) is 8.46. The van der Waals surface area contributed by atoms with E-state index in [2.05, 4.69) is 79.4 Å². The van der Waals surface area contributed by atoms with Gasteiger partial charge in [0.05, 0.1) is 6.54 Å². The van der Waals surface area contributed by atoms with Gasteiger partial charge < -0.3 is 15.5 Å². The highest BCUT2D eigenvalue weighted by molar-refractivity contribution is 5.79. The topological polar surface area (TPSA) is 42.9 Å². The Morgan fingerprint density at radius 1 is 1.07 bits per heavy atom. The zero-order valence-corrected chi connectivity index (χ0v) is 18.7. The second kappa shape index (κ2) is 12.1. The first-order valence-electron chi connectivity index (χ1n) is 11.0. The molecular weight excluding hydrogens is 346 g/mol. The van der Waals surface area contributed by atoms with Crippen LogP contribution in [0.25, 0.3) is 0 Å². The van der Waals surface area contributed by atoms with Crippen LogP contribution >= 0.6 is 0 Å². The van der Waals surface area contributed by atoms with Crippen LogP contribution in [0.1, 0.15) is 44.7 Å². The monoisotopic (exact) mass is 387 g/mol. The van der Waals surface area contributed by atoms with Gasteiger partial charge in [-0.25, -0.2) is 4.99 Å². The van der Waals surface area contributed by atoms with Gasteiger partial charge in [-0.3, -0.25) is 4.90 Å². The maximum absolute atomic E-state index is 4.85. The summed E-state index contributed by atoms with van der Waals surface area (Å²) in [6.07, 6.45) is 2.35. The Morgan fingerprint density at radius 2 is 1.75 bits per heavy atom. The molecule has 0 aliphatic carbocycles. The fraction of sp³-hybridized carbons (Fsp3) is 0.696. The fourth-order valence-corrected chi connectivity index (χ4v) is 3.56. The molecule has 0 aromatic heterocycles. The molecule has 158 valence electrons. The van der Waals surface area contributed by atoms with Crippen molar-refractivity contribution in [3.8, 4) is 0 Å². The van der Waals surface area contributed by atoms with Gasteiger partial charge in [0.15, 0.2) is 5.96 Å². The largest absolute Gasteiger partial charge is 0.356 e. The SMILES string of the molecule is CCCCNC(=NCc1ccc(C)cc1)NCC(C(C)C)N1CCN(C)CC1. The summed E-state index contributed by atoms with van der Waals surface area (Å²) in [5, 5.41) is 7.15. The van der Waals surface area contributed by atoms with Gasteiger partial charge in [-0.15, -0.1) is 0 Å². The average Bonchev–Trinajstić information content (AvgIpc) is 2.68. The lowest BCUT2D eigenvalue weighted by Crippen LogP contribution is -2.55. The van der Waals surface area contributed by atoms with Crippen LogP contribution in [0.2, 0.25) is 0 Å². The molecule has 1 fully saturated rings. The van der Waals surface area contributed by atoms with Crippen LogP contribution in [0, 0.1) is 12.8 Å². The molecule has 0 bridgehead atoms. The van der Waals surface area contributed by atoms with Crippen molar-refractivity contribution in [2.24, 2.45) is 10.9 Å². The molecule has 1 aromatic rings. The molecule has 5 nitrogen and oxygen atoms in total. The molecule has 0 amide bonds. The molecule has 1 saturated heterocycles. The van der Waals surface area contributed by atoms with E-state index >= 15 is 0 Å².